The molecule has 1 heterocycles. The molecular formula is C16H21NO2. The van der Waals surface area contributed by atoms with Gasteiger partial charge in [-0.05, 0) is 31.7 Å². The Bertz CT molecular complexity index is 452. The Labute approximate surface area is 114 Å². The summed E-state index contributed by atoms with van der Waals surface area (Å²) in [5.74, 6) is 1.40. The minimum atomic E-state index is 0.117. The molecule has 19 heavy (non-hydrogen) atoms. The van der Waals surface area contributed by atoms with Crippen LogP contribution >= 0.6 is 0 Å². The maximum Gasteiger partial charge on any atom is 0.223 e. The van der Waals surface area contributed by atoms with Gasteiger partial charge in [-0.3, -0.25) is 4.79 Å². The summed E-state index contributed by atoms with van der Waals surface area (Å²) < 4.78 is 5.73. The van der Waals surface area contributed by atoms with E-state index in [9.17, 15) is 4.79 Å². The second-order valence-electron chi connectivity index (χ2n) is 5.57. The number of carbonyl (C=O) groups excluding carboxylic acids is 1. The molecule has 1 fully saturated rings. The Kier molecular flexibility index (Phi) is 3.72. The molecule has 0 aromatic heterocycles. The lowest BCUT2D eigenvalue weighted by atomic mass is 10.00. The van der Waals surface area contributed by atoms with E-state index in [0.29, 0.717) is 0 Å². The van der Waals surface area contributed by atoms with Crippen LogP contribution in [-0.4, -0.2) is 12.5 Å². The molecule has 1 N–H and O–H groups in total. The highest BCUT2D eigenvalue weighted by atomic mass is 16.5. The number of hydrogen-bond donors (Lipinski definition) is 1. The van der Waals surface area contributed by atoms with Crippen molar-refractivity contribution in [2.75, 3.05) is 6.61 Å². The second kappa shape index (κ2) is 5.64. The van der Waals surface area contributed by atoms with E-state index in [1.165, 1.54) is 12.8 Å². The molecule has 1 amide bonds. The molecule has 0 saturated heterocycles. The van der Waals surface area contributed by atoms with Crippen LogP contribution in [0.1, 0.15) is 50.1 Å². The Hall–Kier alpha value is -1.51. The van der Waals surface area contributed by atoms with Gasteiger partial charge in [0.25, 0.3) is 0 Å². The summed E-state index contributed by atoms with van der Waals surface area (Å²) in [5.41, 5.74) is 1.13. The maximum absolute atomic E-state index is 12.3. The molecule has 0 radical (unpaired) electrons. The Balaban J connectivity index is 1.74. The zero-order valence-electron chi connectivity index (χ0n) is 11.2. The Morgan fingerprint density at radius 1 is 1.11 bits per heavy atom. The molecule has 0 unspecified atom stereocenters. The third-order valence-corrected chi connectivity index (χ3v) is 4.23. The first-order valence-electron chi connectivity index (χ1n) is 7.37. The molecule has 102 valence electrons. The molecule has 3 rings (SSSR count). The molecular weight excluding hydrogens is 238 g/mol. The highest BCUT2D eigenvalue weighted by Crippen LogP contribution is 2.32. The van der Waals surface area contributed by atoms with Gasteiger partial charge >= 0.3 is 0 Å². The summed E-state index contributed by atoms with van der Waals surface area (Å²) in [6.45, 7) is 0.743. The number of ether oxygens (including phenoxy) is 1. The molecule has 1 atom stereocenters. The summed E-state index contributed by atoms with van der Waals surface area (Å²) in [5, 5.41) is 3.24. The van der Waals surface area contributed by atoms with Crippen molar-refractivity contribution in [3.63, 3.8) is 0 Å². The largest absolute Gasteiger partial charge is 0.493 e. The maximum atomic E-state index is 12.3. The van der Waals surface area contributed by atoms with Crippen molar-refractivity contribution in [3.8, 4) is 5.75 Å². The molecule has 1 aliphatic heterocycles. The molecule has 3 nitrogen and oxygen atoms in total. The number of benzene rings is 1. The van der Waals surface area contributed by atoms with Gasteiger partial charge in [-0.1, -0.05) is 31.0 Å². The van der Waals surface area contributed by atoms with Crippen molar-refractivity contribution in [2.24, 2.45) is 5.92 Å². The summed E-state index contributed by atoms with van der Waals surface area (Å²) in [7, 11) is 0. The molecule has 1 aliphatic carbocycles. The van der Waals surface area contributed by atoms with Crippen LogP contribution in [-0.2, 0) is 4.79 Å². The van der Waals surface area contributed by atoms with Crippen LogP contribution in [0.15, 0.2) is 24.3 Å². The topological polar surface area (TPSA) is 38.3 Å². The quantitative estimate of drug-likeness (QED) is 0.885. The Morgan fingerprint density at radius 2 is 1.89 bits per heavy atom. The zero-order chi connectivity index (χ0) is 13.1. The molecule has 1 saturated carbocycles. The molecule has 1 aromatic rings. The molecule has 0 spiro atoms. The van der Waals surface area contributed by atoms with Gasteiger partial charge < -0.3 is 10.1 Å². The first-order chi connectivity index (χ1) is 9.34. The van der Waals surface area contributed by atoms with E-state index in [4.69, 9.17) is 4.74 Å². The lowest BCUT2D eigenvalue weighted by Gasteiger charge is -2.20. The van der Waals surface area contributed by atoms with Crippen molar-refractivity contribution in [1.82, 2.24) is 5.32 Å². The van der Waals surface area contributed by atoms with Gasteiger partial charge in [-0.15, -0.1) is 0 Å². The standard InChI is InChI=1S/C16H21NO2/c18-16(12-6-1-2-7-12)17-14-9-5-11-19-15-10-4-3-8-13(14)15/h3-4,8,10,12,14H,1-2,5-7,9,11H2,(H,17,18)/t14-/m0/s1. The van der Waals surface area contributed by atoms with Crippen LogP contribution < -0.4 is 10.1 Å². The number of rotatable bonds is 2. The molecule has 2 aliphatic rings. The fraction of sp³-hybridized carbons (Fsp3) is 0.562. The summed E-state index contributed by atoms with van der Waals surface area (Å²) in [6, 6.07) is 8.18. The average Bonchev–Trinajstić information content (AvgIpc) is 2.90. The van der Waals surface area contributed by atoms with Crippen LogP contribution in [0.5, 0.6) is 5.75 Å². The van der Waals surface area contributed by atoms with Crippen LogP contribution in [0.4, 0.5) is 0 Å². The van der Waals surface area contributed by atoms with Crippen LogP contribution in [0.2, 0.25) is 0 Å². The predicted molar refractivity (Wildman–Crippen MR) is 74.0 cm³/mol. The van der Waals surface area contributed by atoms with E-state index in [0.717, 1.165) is 43.6 Å². The third kappa shape index (κ3) is 2.75. The van der Waals surface area contributed by atoms with Gasteiger partial charge in [0, 0.05) is 11.5 Å². The smallest absolute Gasteiger partial charge is 0.223 e. The van der Waals surface area contributed by atoms with E-state index in [-0.39, 0.29) is 17.9 Å². The predicted octanol–water partition coefficient (Wildman–Crippen LogP) is 3.21. The number of hydrogen-bond acceptors (Lipinski definition) is 2. The van der Waals surface area contributed by atoms with E-state index in [1.54, 1.807) is 0 Å². The number of amides is 1. The first kappa shape index (κ1) is 12.5. The first-order valence-corrected chi connectivity index (χ1v) is 7.37. The monoisotopic (exact) mass is 259 g/mol. The van der Waals surface area contributed by atoms with Crippen molar-refractivity contribution in [1.29, 1.82) is 0 Å². The van der Waals surface area contributed by atoms with Crippen molar-refractivity contribution < 1.29 is 9.53 Å². The van der Waals surface area contributed by atoms with Gasteiger partial charge in [0.1, 0.15) is 5.75 Å². The number of para-hydroxylation sites is 1. The van der Waals surface area contributed by atoms with Crippen LogP contribution in [0.3, 0.4) is 0 Å². The third-order valence-electron chi connectivity index (χ3n) is 4.23. The molecule has 3 heteroatoms. The van der Waals surface area contributed by atoms with E-state index >= 15 is 0 Å². The highest BCUT2D eigenvalue weighted by molar-refractivity contribution is 5.79. The average molecular weight is 259 g/mol. The van der Waals surface area contributed by atoms with E-state index in [2.05, 4.69) is 11.4 Å². The van der Waals surface area contributed by atoms with Crippen molar-refractivity contribution >= 4 is 5.91 Å². The van der Waals surface area contributed by atoms with Crippen LogP contribution in [0.25, 0.3) is 0 Å². The lowest BCUT2D eigenvalue weighted by molar-refractivity contribution is -0.125. The van der Waals surface area contributed by atoms with Crippen molar-refractivity contribution in [3.05, 3.63) is 29.8 Å². The van der Waals surface area contributed by atoms with E-state index in [1.807, 2.05) is 18.2 Å². The molecule has 0 bridgehead atoms. The second-order valence-corrected chi connectivity index (χ2v) is 5.57. The SMILES string of the molecule is O=C(N[C@H]1CCCOc2ccccc21)C1CCCC1. The normalized spacial score (nSPS) is 23.3. The summed E-state index contributed by atoms with van der Waals surface area (Å²) in [6.07, 6.45) is 6.46. The van der Waals surface area contributed by atoms with Gasteiger partial charge in [-0.25, -0.2) is 0 Å². The minimum Gasteiger partial charge on any atom is -0.493 e. The highest BCUT2D eigenvalue weighted by Gasteiger charge is 2.27. The number of fused-ring (bicyclic) bond motifs is 1. The minimum absolute atomic E-state index is 0.117. The Morgan fingerprint density at radius 3 is 2.74 bits per heavy atom. The van der Waals surface area contributed by atoms with Crippen LogP contribution in [0, 0.1) is 5.92 Å². The van der Waals surface area contributed by atoms with E-state index < -0.39 is 0 Å². The van der Waals surface area contributed by atoms with Gasteiger partial charge in [-0.2, -0.15) is 0 Å². The van der Waals surface area contributed by atoms with Gasteiger partial charge in [0.05, 0.1) is 12.6 Å². The zero-order valence-corrected chi connectivity index (χ0v) is 11.2. The fourth-order valence-corrected chi connectivity index (χ4v) is 3.15. The summed E-state index contributed by atoms with van der Waals surface area (Å²) in [4.78, 5) is 12.3. The van der Waals surface area contributed by atoms with Gasteiger partial charge in [0.15, 0.2) is 0 Å². The number of nitrogens with one attached hydrogen (secondary N) is 1. The molecule has 1 aromatic carbocycles. The van der Waals surface area contributed by atoms with Gasteiger partial charge in [0.2, 0.25) is 5.91 Å². The lowest BCUT2D eigenvalue weighted by Crippen LogP contribution is -2.32. The fourth-order valence-electron chi connectivity index (χ4n) is 3.15. The number of carbonyl (C=O) groups is 1. The van der Waals surface area contributed by atoms with Crippen molar-refractivity contribution in [2.45, 2.75) is 44.6 Å². The summed E-state index contributed by atoms with van der Waals surface area (Å²) >= 11 is 0.